The monoisotopic (exact) mass is 449 g/mol. The van der Waals surface area contributed by atoms with Crippen LogP contribution >= 0.6 is 0 Å². The lowest BCUT2D eigenvalue weighted by molar-refractivity contribution is -0.190. The molecule has 0 saturated carbocycles. The van der Waals surface area contributed by atoms with Crippen LogP contribution in [-0.4, -0.2) is 51.6 Å². The van der Waals surface area contributed by atoms with Crippen molar-refractivity contribution in [1.29, 1.82) is 0 Å². The van der Waals surface area contributed by atoms with Crippen LogP contribution in [0, 0.1) is 5.92 Å². The summed E-state index contributed by atoms with van der Waals surface area (Å²) < 4.78 is 12.8. The topological polar surface area (TPSA) is 121 Å². The van der Waals surface area contributed by atoms with Gasteiger partial charge in [-0.25, -0.2) is 9.67 Å². The van der Waals surface area contributed by atoms with Gasteiger partial charge in [0.2, 0.25) is 0 Å². The fourth-order valence-electron chi connectivity index (χ4n) is 3.92. The lowest BCUT2D eigenvalue weighted by Crippen LogP contribution is -2.61. The Morgan fingerprint density at radius 1 is 1.12 bits per heavy atom. The summed E-state index contributed by atoms with van der Waals surface area (Å²) in [6.45, 7) is 4.41. The molecule has 0 aliphatic carbocycles. The first kappa shape index (κ1) is 22.6. The van der Waals surface area contributed by atoms with Gasteiger partial charge in [-0.2, -0.15) is 5.10 Å². The highest BCUT2D eigenvalue weighted by Gasteiger charge is 2.51. The molecule has 0 radical (unpaired) electrons. The Hall–Kier alpha value is -3.56. The minimum Gasteiger partial charge on any atom is -0.365 e. The molecule has 3 N–H and O–H groups in total. The Morgan fingerprint density at radius 2 is 1.85 bits per heavy atom. The van der Waals surface area contributed by atoms with E-state index in [1.54, 1.807) is 29.2 Å². The lowest BCUT2D eigenvalue weighted by atomic mass is 9.95. The second-order valence-electron chi connectivity index (χ2n) is 8.27. The third-order valence-electron chi connectivity index (χ3n) is 5.44. The molecule has 1 atom stereocenters. The Bertz CT molecular complexity index is 1120. The normalized spacial score (nSPS) is 16.0. The summed E-state index contributed by atoms with van der Waals surface area (Å²) in [5.74, 6) is -2.39. The lowest BCUT2D eigenvalue weighted by Gasteiger charge is -2.34. The van der Waals surface area contributed by atoms with E-state index in [1.165, 1.54) is 0 Å². The minimum atomic E-state index is -1.70. The molecule has 2 amide bonds. The number of benzene rings is 1. The quantitative estimate of drug-likeness (QED) is 0.544. The van der Waals surface area contributed by atoms with Crippen LogP contribution < -0.4 is 11.1 Å². The zero-order chi connectivity index (χ0) is 23.4. The number of hydrogen-bond donors (Lipinski definition) is 2. The minimum absolute atomic E-state index is 0.146. The van der Waals surface area contributed by atoms with Gasteiger partial charge in [0.05, 0.1) is 30.5 Å². The van der Waals surface area contributed by atoms with Crippen LogP contribution in [0.3, 0.4) is 0 Å². The summed E-state index contributed by atoms with van der Waals surface area (Å²) >= 11 is 0. The van der Waals surface area contributed by atoms with Crippen molar-refractivity contribution >= 4 is 11.8 Å². The van der Waals surface area contributed by atoms with E-state index in [9.17, 15) is 9.59 Å². The van der Waals surface area contributed by atoms with Crippen molar-refractivity contribution in [3.05, 3.63) is 66.5 Å². The highest BCUT2D eigenvalue weighted by Crippen LogP contribution is 2.28. The van der Waals surface area contributed by atoms with Crippen molar-refractivity contribution < 1.29 is 19.1 Å². The van der Waals surface area contributed by atoms with Crippen LogP contribution in [0.1, 0.15) is 30.6 Å². The van der Waals surface area contributed by atoms with E-state index in [1.807, 2.05) is 50.2 Å². The molecular weight excluding hydrogens is 422 g/mol. The fourth-order valence-corrected chi connectivity index (χ4v) is 3.92. The maximum absolute atomic E-state index is 13.4. The van der Waals surface area contributed by atoms with Gasteiger partial charge in [0, 0.05) is 18.0 Å². The number of aromatic nitrogens is 3. The smallest absolute Gasteiger partial charge is 0.280 e. The van der Waals surface area contributed by atoms with Crippen LogP contribution in [0.5, 0.6) is 0 Å². The summed E-state index contributed by atoms with van der Waals surface area (Å²) in [6, 6.07) is 14.1. The summed E-state index contributed by atoms with van der Waals surface area (Å²) in [4.78, 5) is 30.0. The van der Waals surface area contributed by atoms with Gasteiger partial charge >= 0.3 is 0 Å². The molecule has 0 bridgehead atoms. The van der Waals surface area contributed by atoms with Crippen LogP contribution in [0.15, 0.2) is 60.9 Å². The zero-order valence-electron chi connectivity index (χ0n) is 18.6. The van der Waals surface area contributed by atoms with E-state index >= 15 is 0 Å². The number of amides is 2. The van der Waals surface area contributed by atoms with Crippen molar-refractivity contribution in [3.63, 3.8) is 0 Å². The number of carbonyl (C=O) groups excluding carboxylic acids is 2. The average molecular weight is 450 g/mol. The Morgan fingerprint density at radius 3 is 2.52 bits per heavy atom. The van der Waals surface area contributed by atoms with E-state index in [4.69, 9.17) is 15.2 Å². The number of primary amides is 1. The maximum Gasteiger partial charge on any atom is 0.280 e. The van der Waals surface area contributed by atoms with E-state index in [-0.39, 0.29) is 19.1 Å². The number of nitrogens with two attached hydrogens (primary N) is 1. The fraction of sp³-hybridized carbons (Fsp3) is 0.333. The molecule has 0 spiro atoms. The molecule has 9 heteroatoms. The third-order valence-corrected chi connectivity index (χ3v) is 5.44. The molecule has 9 nitrogen and oxygen atoms in total. The van der Waals surface area contributed by atoms with Gasteiger partial charge in [-0.15, -0.1) is 0 Å². The van der Waals surface area contributed by atoms with Crippen molar-refractivity contribution in [3.8, 4) is 17.1 Å². The molecule has 33 heavy (non-hydrogen) atoms. The SMILES string of the molecule is CC(C)CC(NC(=O)c1cccnc1-n1ccc(-c2ccccc2)n1)C1(C(N)=O)OCCO1. The summed E-state index contributed by atoms with van der Waals surface area (Å²) in [5, 5.41) is 7.50. The molecule has 3 aromatic rings. The molecule has 2 aromatic heterocycles. The molecular formula is C24H27N5O4. The molecule has 1 unspecified atom stereocenters. The first-order valence-corrected chi connectivity index (χ1v) is 10.9. The molecule has 1 aliphatic heterocycles. The number of nitrogens with zero attached hydrogens (tertiary/aromatic N) is 3. The second kappa shape index (κ2) is 9.51. The van der Waals surface area contributed by atoms with Crippen molar-refractivity contribution in [1.82, 2.24) is 20.1 Å². The number of carbonyl (C=O) groups is 2. The molecule has 1 fully saturated rings. The van der Waals surface area contributed by atoms with Gasteiger partial charge in [0.25, 0.3) is 17.6 Å². The third kappa shape index (κ3) is 4.64. The number of pyridine rings is 1. The molecule has 172 valence electrons. The molecule has 3 heterocycles. The molecule has 4 rings (SSSR count). The van der Waals surface area contributed by atoms with Gasteiger partial charge in [-0.3, -0.25) is 9.59 Å². The standard InChI is InChI=1S/C24H27N5O4/c1-16(2)15-20(24(23(25)31)32-13-14-33-24)27-22(30)18-9-6-11-26-21(18)29-12-10-19(28-29)17-7-4-3-5-8-17/h3-12,16,20H,13-15H2,1-2H3,(H2,25,31)(H,27,30). The van der Waals surface area contributed by atoms with Crippen molar-refractivity contribution in [2.75, 3.05) is 13.2 Å². The van der Waals surface area contributed by atoms with Crippen LogP contribution in [-0.2, 0) is 14.3 Å². The first-order chi connectivity index (χ1) is 15.9. The number of hydrogen-bond acceptors (Lipinski definition) is 6. The summed E-state index contributed by atoms with van der Waals surface area (Å²) in [6.07, 6.45) is 3.78. The molecule has 1 aromatic carbocycles. The number of ether oxygens (including phenoxy) is 2. The zero-order valence-corrected chi connectivity index (χ0v) is 18.6. The van der Waals surface area contributed by atoms with E-state index in [0.717, 1.165) is 11.3 Å². The van der Waals surface area contributed by atoms with Crippen molar-refractivity contribution in [2.45, 2.75) is 32.1 Å². The Balaban J connectivity index is 1.64. The predicted octanol–water partition coefficient (Wildman–Crippen LogP) is 2.31. The summed E-state index contributed by atoms with van der Waals surface area (Å²) in [5.41, 5.74) is 7.64. The van der Waals surface area contributed by atoms with Crippen molar-refractivity contribution in [2.24, 2.45) is 11.7 Å². The molecule has 1 aliphatic rings. The molecule has 1 saturated heterocycles. The van der Waals surface area contributed by atoms with Crippen LogP contribution in [0.4, 0.5) is 0 Å². The van der Waals surface area contributed by atoms with Gasteiger partial charge in [-0.05, 0) is 30.5 Å². The predicted molar refractivity (Wildman–Crippen MR) is 121 cm³/mol. The Kier molecular flexibility index (Phi) is 6.52. The van der Waals surface area contributed by atoms with Crippen LogP contribution in [0.2, 0.25) is 0 Å². The number of nitrogens with one attached hydrogen (secondary N) is 1. The maximum atomic E-state index is 13.4. The summed E-state index contributed by atoms with van der Waals surface area (Å²) in [7, 11) is 0. The van der Waals surface area contributed by atoms with Gasteiger partial charge < -0.3 is 20.5 Å². The van der Waals surface area contributed by atoms with Gasteiger partial charge in [-0.1, -0.05) is 44.2 Å². The van der Waals surface area contributed by atoms with Crippen LogP contribution in [0.25, 0.3) is 17.1 Å². The van der Waals surface area contributed by atoms with Gasteiger partial charge in [0.1, 0.15) is 0 Å². The number of rotatable bonds is 8. The second-order valence-corrected chi connectivity index (χ2v) is 8.27. The van der Waals surface area contributed by atoms with E-state index < -0.39 is 23.6 Å². The highest BCUT2D eigenvalue weighted by molar-refractivity contribution is 5.98. The Labute approximate surface area is 191 Å². The van der Waals surface area contributed by atoms with E-state index in [2.05, 4.69) is 15.4 Å². The average Bonchev–Trinajstić information content (AvgIpc) is 3.50. The first-order valence-electron chi connectivity index (χ1n) is 10.9. The largest absolute Gasteiger partial charge is 0.365 e. The highest BCUT2D eigenvalue weighted by atomic mass is 16.7. The van der Waals surface area contributed by atoms with E-state index in [0.29, 0.717) is 17.8 Å². The van der Waals surface area contributed by atoms with Gasteiger partial charge in [0.15, 0.2) is 5.82 Å².